The van der Waals surface area contributed by atoms with Gasteiger partial charge in [-0.1, -0.05) is 31.5 Å². The molecular formula is C13H18O4. The van der Waals surface area contributed by atoms with Crippen molar-refractivity contribution in [3.63, 3.8) is 0 Å². The van der Waals surface area contributed by atoms with Gasteiger partial charge < -0.3 is 14.9 Å². The van der Waals surface area contributed by atoms with Crippen molar-refractivity contribution in [1.82, 2.24) is 0 Å². The largest absolute Gasteiger partial charge is 0.479 e. The molecule has 0 spiro atoms. The van der Waals surface area contributed by atoms with Gasteiger partial charge in [0.15, 0.2) is 6.10 Å². The van der Waals surface area contributed by atoms with Crippen LogP contribution in [0, 0.1) is 0 Å². The predicted octanol–water partition coefficient (Wildman–Crippen LogP) is 2.37. The summed E-state index contributed by atoms with van der Waals surface area (Å²) in [5, 5.41) is 18.6. The van der Waals surface area contributed by atoms with Crippen LogP contribution in [0.15, 0.2) is 24.3 Å². The fourth-order valence-electron chi connectivity index (χ4n) is 1.58. The van der Waals surface area contributed by atoms with Gasteiger partial charge in [0.1, 0.15) is 5.75 Å². The van der Waals surface area contributed by atoms with E-state index in [0.29, 0.717) is 17.7 Å². The molecule has 0 aliphatic rings. The van der Waals surface area contributed by atoms with Crippen LogP contribution in [0.2, 0.25) is 0 Å². The minimum absolute atomic E-state index is 0.434. The molecule has 17 heavy (non-hydrogen) atoms. The van der Waals surface area contributed by atoms with E-state index < -0.39 is 18.2 Å². The molecule has 0 fully saturated rings. The number of carboxylic acid groups (broad SMARTS) is 1. The van der Waals surface area contributed by atoms with Gasteiger partial charge in [-0.15, -0.1) is 0 Å². The molecule has 1 aromatic rings. The van der Waals surface area contributed by atoms with Crippen LogP contribution in [0.3, 0.4) is 0 Å². The monoisotopic (exact) mass is 238 g/mol. The average Bonchev–Trinajstić information content (AvgIpc) is 2.28. The Morgan fingerprint density at radius 3 is 2.59 bits per heavy atom. The first kappa shape index (κ1) is 13.5. The lowest BCUT2D eigenvalue weighted by Crippen LogP contribution is -2.27. The van der Waals surface area contributed by atoms with E-state index in [1.54, 1.807) is 31.2 Å². The molecule has 1 rings (SSSR count). The van der Waals surface area contributed by atoms with Crippen LogP contribution in [-0.4, -0.2) is 22.3 Å². The molecule has 0 radical (unpaired) electrons. The molecule has 0 aromatic heterocycles. The zero-order valence-electron chi connectivity index (χ0n) is 10.1. The highest BCUT2D eigenvalue weighted by molar-refractivity contribution is 5.72. The number of hydrogen-bond donors (Lipinski definition) is 2. The van der Waals surface area contributed by atoms with Crippen molar-refractivity contribution in [2.45, 2.75) is 38.9 Å². The van der Waals surface area contributed by atoms with Gasteiger partial charge in [0, 0.05) is 5.56 Å². The van der Waals surface area contributed by atoms with Crippen molar-refractivity contribution in [3.05, 3.63) is 29.8 Å². The third-order valence-corrected chi connectivity index (χ3v) is 2.46. The van der Waals surface area contributed by atoms with E-state index >= 15 is 0 Å². The van der Waals surface area contributed by atoms with Crippen molar-refractivity contribution < 1.29 is 19.7 Å². The summed E-state index contributed by atoms with van der Waals surface area (Å²) in [6.45, 7) is 3.53. The lowest BCUT2D eigenvalue weighted by Gasteiger charge is -2.18. The van der Waals surface area contributed by atoms with Gasteiger partial charge in [0.25, 0.3) is 0 Å². The van der Waals surface area contributed by atoms with E-state index in [1.807, 2.05) is 6.92 Å². The zero-order chi connectivity index (χ0) is 12.8. The molecule has 0 amide bonds. The topological polar surface area (TPSA) is 66.8 Å². The number of aliphatic hydroxyl groups is 1. The van der Waals surface area contributed by atoms with Gasteiger partial charge in [-0.25, -0.2) is 4.79 Å². The van der Waals surface area contributed by atoms with Crippen LogP contribution < -0.4 is 4.74 Å². The lowest BCUT2D eigenvalue weighted by atomic mass is 10.1. The van der Waals surface area contributed by atoms with Crippen molar-refractivity contribution >= 4 is 5.97 Å². The Balaban J connectivity index is 2.88. The maximum absolute atomic E-state index is 11.0. The van der Waals surface area contributed by atoms with Gasteiger partial charge in [-0.2, -0.15) is 0 Å². The molecule has 4 heteroatoms. The Hall–Kier alpha value is -1.55. The Bertz CT molecular complexity index is 373. The first-order chi connectivity index (χ1) is 8.06. The molecule has 0 bridgehead atoms. The number of para-hydroxylation sites is 1. The molecule has 94 valence electrons. The fraction of sp³-hybridized carbons (Fsp3) is 0.462. The van der Waals surface area contributed by atoms with Gasteiger partial charge in [-0.3, -0.25) is 0 Å². The highest BCUT2D eigenvalue weighted by Gasteiger charge is 2.20. The van der Waals surface area contributed by atoms with Crippen LogP contribution in [0.25, 0.3) is 0 Å². The number of hydrogen-bond acceptors (Lipinski definition) is 3. The van der Waals surface area contributed by atoms with Crippen molar-refractivity contribution in [3.8, 4) is 5.75 Å². The number of aliphatic hydroxyl groups excluding tert-OH is 1. The number of rotatable bonds is 6. The van der Waals surface area contributed by atoms with Gasteiger partial charge >= 0.3 is 5.97 Å². The second-order valence-electron chi connectivity index (χ2n) is 3.95. The molecule has 0 saturated carbocycles. The van der Waals surface area contributed by atoms with Crippen molar-refractivity contribution in [1.29, 1.82) is 0 Å². The predicted molar refractivity (Wildman–Crippen MR) is 64.0 cm³/mol. The smallest absolute Gasteiger partial charge is 0.344 e. The number of carboxylic acids is 1. The van der Waals surface area contributed by atoms with Gasteiger partial charge in [0.2, 0.25) is 0 Å². The van der Waals surface area contributed by atoms with Crippen LogP contribution in [0.5, 0.6) is 5.75 Å². The molecule has 1 unspecified atom stereocenters. The Morgan fingerprint density at radius 2 is 2.06 bits per heavy atom. The van der Waals surface area contributed by atoms with Crippen molar-refractivity contribution in [2.24, 2.45) is 0 Å². The van der Waals surface area contributed by atoms with Crippen LogP contribution >= 0.6 is 0 Å². The Kier molecular flexibility index (Phi) is 4.97. The number of benzene rings is 1. The molecule has 2 atom stereocenters. The normalized spacial score (nSPS) is 14.1. The summed E-state index contributed by atoms with van der Waals surface area (Å²) >= 11 is 0. The second-order valence-corrected chi connectivity index (χ2v) is 3.95. The van der Waals surface area contributed by atoms with E-state index in [4.69, 9.17) is 9.84 Å². The molecule has 0 heterocycles. The second kappa shape index (κ2) is 6.25. The molecule has 0 aliphatic carbocycles. The summed E-state index contributed by atoms with van der Waals surface area (Å²) in [7, 11) is 0. The summed E-state index contributed by atoms with van der Waals surface area (Å²) in [6, 6.07) is 6.94. The third-order valence-electron chi connectivity index (χ3n) is 2.46. The maximum atomic E-state index is 11.0. The van der Waals surface area contributed by atoms with Crippen LogP contribution in [0.1, 0.15) is 38.4 Å². The van der Waals surface area contributed by atoms with E-state index in [0.717, 1.165) is 6.42 Å². The van der Waals surface area contributed by atoms with Crippen LogP contribution in [0.4, 0.5) is 0 Å². The summed E-state index contributed by atoms with van der Waals surface area (Å²) in [5.74, 6) is -0.546. The summed E-state index contributed by atoms with van der Waals surface area (Å²) in [5.41, 5.74) is 0.606. The first-order valence-electron chi connectivity index (χ1n) is 5.72. The lowest BCUT2D eigenvalue weighted by molar-refractivity contribution is -0.145. The highest BCUT2D eigenvalue weighted by Crippen LogP contribution is 2.26. The number of aliphatic carboxylic acids is 1. The quantitative estimate of drug-likeness (QED) is 0.798. The average molecular weight is 238 g/mol. The van der Waals surface area contributed by atoms with E-state index in [2.05, 4.69) is 0 Å². The minimum Gasteiger partial charge on any atom is -0.479 e. The molecule has 1 aromatic carbocycles. The molecule has 4 nitrogen and oxygen atoms in total. The van der Waals surface area contributed by atoms with Gasteiger partial charge in [0.05, 0.1) is 6.10 Å². The zero-order valence-corrected chi connectivity index (χ0v) is 10.1. The molecule has 0 saturated heterocycles. The molecular weight excluding hydrogens is 220 g/mol. The third kappa shape index (κ3) is 3.75. The SMILES string of the molecule is CCCC(Oc1ccccc1[C@@H](C)O)C(=O)O. The number of carbonyl (C=O) groups is 1. The number of ether oxygens (including phenoxy) is 1. The highest BCUT2D eigenvalue weighted by atomic mass is 16.5. The minimum atomic E-state index is -0.979. The van der Waals surface area contributed by atoms with E-state index in [1.165, 1.54) is 0 Å². The fourth-order valence-corrected chi connectivity index (χ4v) is 1.58. The molecule has 2 N–H and O–H groups in total. The summed E-state index contributed by atoms with van der Waals surface area (Å²) < 4.78 is 5.45. The van der Waals surface area contributed by atoms with Gasteiger partial charge in [-0.05, 0) is 19.4 Å². The van der Waals surface area contributed by atoms with E-state index in [-0.39, 0.29) is 0 Å². The standard InChI is InChI=1S/C13H18O4/c1-3-6-12(13(15)16)17-11-8-5-4-7-10(11)9(2)14/h4-5,7-9,12,14H,3,6H2,1-2H3,(H,15,16)/t9-,12?/m1/s1. The first-order valence-corrected chi connectivity index (χ1v) is 5.72. The van der Waals surface area contributed by atoms with Crippen LogP contribution in [-0.2, 0) is 4.79 Å². The summed E-state index contributed by atoms with van der Waals surface area (Å²) in [6.07, 6.45) is -0.362. The molecule has 0 aliphatic heterocycles. The summed E-state index contributed by atoms with van der Waals surface area (Å²) in [4.78, 5) is 11.0. The Labute approximate surface area is 101 Å². The van der Waals surface area contributed by atoms with Crippen molar-refractivity contribution in [2.75, 3.05) is 0 Å². The van der Waals surface area contributed by atoms with E-state index in [9.17, 15) is 9.90 Å². The maximum Gasteiger partial charge on any atom is 0.344 e. The Morgan fingerprint density at radius 1 is 1.41 bits per heavy atom.